The summed E-state index contributed by atoms with van der Waals surface area (Å²) in [6.45, 7) is 2.28. The van der Waals surface area contributed by atoms with Crippen LogP contribution in [0, 0.1) is 22.7 Å². The molecule has 0 aliphatic heterocycles. The molecular weight excluding hydrogens is 390 g/mol. The van der Waals surface area contributed by atoms with Crippen molar-refractivity contribution in [1.82, 2.24) is 9.36 Å². The van der Waals surface area contributed by atoms with E-state index in [4.69, 9.17) is 16.3 Å². The molecule has 0 N–H and O–H groups in total. The van der Waals surface area contributed by atoms with E-state index in [2.05, 4.69) is 26.5 Å². The molecule has 0 saturated carbocycles. The molecule has 3 aromatic rings. The summed E-state index contributed by atoms with van der Waals surface area (Å²) in [6, 6.07) is 9.53. The molecule has 0 unspecified atom stereocenters. The maximum absolute atomic E-state index is 9.51. The summed E-state index contributed by atoms with van der Waals surface area (Å²) in [6.07, 6.45) is 2.84. The molecule has 6 nitrogen and oxygen atoms in total. The quantitative estimate of drug-likeness (QED) is 0.609. The summed E-state index contributed by atoms with van der Waals surface area (Å²) >= 11 is 6.08. The fourth-order valence-corrected chi connectivity index (χ4v) is 4.36. The molecule has 0 saturated heterocycles. The van der Waals surface area contributed by atoms with Crippen LogP contribution in [0.25, 0.3) is 11.1 Å². The Morgan fingerprint density at radius 1 is 1.19 bits per heavy atom. The normalized spacial score (nSPS) is 11.0. The molecule has 3 rings (SSSR count). The molecule has 1 aromatic carbocycles. The number of aromatic nitrogens is 2. The monoisotopic (exact) mass is 399 g/mol. The molecule has 0 atom stereocenters. The van der Waals surface area contributed by atoms with Gasteiger partial charge in [0, 0.05) is 28.5 Å². The van der Waals surface area contributed by atoms with E-state index < -0.39 is 0 Å². The lowest BCUT2D eigenvalue weighted by Crippen LogP contribution is -2.00. The molecule has 0 bridgehead atoms. The maximum atomic E-state index is 9.51. The first-order valence-electron chi connectivity index (χ1n) is 7.40. The Labute approximate surface area is 161 Å². The van der Waals surface area contributed by atoms with Crippen LogP contribution in [-0.4, -0.2) is 16.0 Å². The molecule has 0 spiro atoms. The minimum atomic E-state index is 0.269. The standard InChI is InChI=1S/C17H10ClN5OS2/c1-2-24-13-5-3-4-12(22-17-16(18)23-26-25-17)15(13)14-10(6-19)8-21-9-11(14)7-20/h3-5,8-9H,2H2,1H3. The third kappa shape index (κ3) is 3.44. The molecule has 0 amide bonds. The summed E-state index contributed by atoms with van der Waals surface area (Å²) < 4.78 is 10.3. The molecule has 26 heavy (non-hydrogen) atoms. The van der Waals surface area contributed by atoms with E-state index in [1.807, 2.05) is 6.92 Å². The minimum absolute atomic E-state index is 0.269. The van der Waals surface area contributed by atoms with Crippen molar-refractivity contribution >= 4 is 38.2 Å². The Morgan fingerprint density at radius 3 is 2.50 bits per heavy atom. The van der Waals surface area contributed by atoms with Gasteiger partial charge in [-0.3, -0.25) is 4.98 Å². The van der Waals surface area contributed by atoms with Crippen LogP contribution >= 0.6 is 32.5 Å². The van der Waals surface area contributed by atoms with Crippen LogP contribution < -0.4 is 9.41 Å². The van der Waals surface area contributed by atoms with E-state index in [1.165, 1.54) is 33.3 Å². The summed E-state index contributed by atoms with van der Waals surface area (Å²) in [4.78, 5) is 8.55. The van der Waals surface area contributed by atoms with Crippen LogP contribution in [0.4, 0.5) is 5.69 Å². The highest BCUT2D eigenvalue weighted by atomic mass is 35.5. The molecule has 128 valence electrons. The lowest BCUT2D eigenvalue weighted by molar-refractivity contribution is 0.342. The molecule has 0 fully saturated rings. The van der Waals surface area contributed by atoms with E-state index in [1.54, 1.807) is 18.2 Å². The van der Waals surface area contributed by atoms with Gasteiger partial charge >= 0.3 is 0 Å². The van der Waals surface area contributed by atoms with Gasteiger partial charge in [0.15, 0.2) is 9.82 Å². The van der Waals surface area contributed by atoms with Crippen LogP contribution in [-0.2, 0) is 0 Å². The Kier molecular flexibility index (Phi) is 5.59. The second-order valence-electron chi connectivity index (χ2n) is 4.87. The Balaban J connectivity index is 2.40. The average molecular weight is 400 g/mol. The Morgan fingerprint density at radius 2 is 1.92 bits per heavy atom. The van der Waals surface area contributed by atoms with Gasteiger partial charge in [-0.15, -0.1) is 0 Å². The van der Waals surface area contributed by atoms with Gasteiger partial charge in [-0.2, -0.15) is 14.9 Å². The average Bonchev–Trinajstić information content (AvgIpc) is 3.06. The minimum Gasteiger partial charge on any atom is -0.493 e. The highest BCUT2D eigenvalue weighted by Crippen LogP contribution is 2.41. The largest absolute Gasteiger partial charge is 0.493 e. The number of ether oxygens (including phenoxy) is 1. The van der Waals surface area contributed by atoms with E-state index in [9.17, 15) is 10.5 Å². The first kappa shape index (κ1) is 18.0. The number of pyridine rings is 1. The SMILES string of the molecule is CCOc1cccc(N=c2ssnc2Cl)c1-c1c(C#N)cncc1C#N. The second-order valence-corrected chi connectivity index (χ2v) is 7.06. The summed E-state index contributed by atoms with van der Waals surface area (Å²) in [7, 11) is 2.57. The van der Waals surface area contributed by atoms with Crippen molar-refractivity contribution in [3.63, 3.8) is 0 Å². The number of hydrogen-bond donors (Lipinski definition) is 0. The highest BCUT2D eigenvalue weighted by Gasteiger charge is 2.20. The van der Waals surface area contributed by atoms with E-state index in [0.29, 0.717) is 39.0 Å². The Bertz CT molecular complexity index is 1080. The highest BCUT2D eigenvalue weighted by molar-refractivity contribution is 7.66. The topological polar surface area (TPSA) is 94.9 Å². The van der Waals surface area contributed by atoms with Crippen molar-refractivity contribution < 1.29 is 4.74 Å². The molecule has 2 aromatic heterocycles. The van der Waals surface area contributed by atoms with Gasteiger partial charge in [0.05, 0.1) is 29.0 Å². The number of rotatable bonds is 4. The summed E-state index contributed by atoms with van der Waals surface area (Å²) in [5.41, 5.74) is 2.07. The van der Waals surface area contributed by atoms with Crippen LogP contribution in [0.2, 0.25) is 5.15 Å². The fraction of sp³-hybridized carbons (Fsp3) is 0.118. The number of halogens is 1. The van der Waals surface area contributed by atoms with Gasteiger partial charge in [-0.1, -0.05) is 17.7 Å². The first-order valence-corrected chi connectivity index (χ1v) is 9.88. The summed E-state index contributed by atoms with van der Waals surface area (Å²) in [5, 5.41) is 19.3. The van der Waals surface area contributed by atoms with Crippen molar-refractivity contribution in [2.45, 2.75) is 6.92 Å². The third-order valence-corrected chi connectivity index (χ3v) is 5.54. The van der Waals surface area contributed by atoms with E-state index in [0.717, 1.165) is 0 Å². The molecule has 0 aliphatic carbocycles. The zero-order valence-electron chi connectivity index (χ0n) is 13.4. The van der Waals surface area contributed by atoms with Crippen LogP contribution in [0.1, 0.15) is 18.1 Å². The molecule has 0 radical (unpaired) electrons. The second kappa shape index (κ2) is 8.07. The van der Waals surface area contributed by atoms with Crippen molar-refractivity contribution in [2.75, 3.05) is 6.61 Å². The van der Waals surface area contributed by atoms with E-state index >= 15 is 0 Å². The molecule has 9 heteroatoms. The number of nitrogens with zero attached hydrogens (tertiary/aromatic N) is 5. The zero-order valence-corrected chi connectivity index (χ0v) is 15.8. The summed E-state index contributed by atoms with van der Waals surface area (Å²) in [5.74, 6) is 0.525. The zero-order chi connectivity index (χ0) is 18.5. The number of benzene rings is 1. The predicted octanol–water partition coefficient (Wildman–Crippen LogP) is 4.29. The van der Waals surface area contributed by atoms with Crippen molar-refractivity contribution in [2.24, 2.45) is 4.99 Å². The first-order chi connectivity index (χ1) is 12.7. The van der Waals surface area contributed by atoms with Gasteiger partial charge in [0.2, 0.25) is 0 Å². The van der Waals surface area contributed by atoms with Gasteiger partial charge in [-0.25, -0.2) is 4.99 Å². The lowest BCUT2D eigenvalue weighted by Gasteiger charge is -2.14. The van der Waals surface area contributed by atoms with Crippen molar-refractivity contribution in [3.05, 3.63) is 51.5 Å². The van der Waals surface area contributed by atoms with Crippen LogP contribution in [0.3, 0.4) is 0 Å². The number of nitriles is 2. The van der Waals surface area contributed by atoms with Crippen LogP contribution in [0.15, 0.2) is 35.6 Å². The van der Waals surface area contributed by atoms with Crippen molar-refractivity contribution in [1.29, 1.82) is 10.5 Å². The fourth-order valence-electron chi connectivity index (χ4n) is 2.37. The Hall–Kier alpha value is -2.78. The van der Waals surface area contributed by atoms with Gasteiger partial charge in [0.25, 0.3) is 0 Å². The predicted molar refractivity (Wildman–Crippen MR) is 100 cm³/mol. The van der Waals surface area contributed by atoms with Gasteiger partial charge in [-0.05, 0) is 29.4 Å². The smallest absolute Gasteiger partial charge is 0.179 e. The van der Waals surface area contributed by atoms with Crippen molar-refractivity contribution in [3.8, 4) is 29.0 Å². The van der Waals surface area contributed by atoms with Gasteiger partial charge in [0.1, 0.15) is 17.9 Å². The molecular formula is C17H10ClN5OS2. The lowest BCUT2D eigenvalue weighted by atomic mass is 9.95. The molecule has 0 aliphatic rings. The molecule has 2 heterocycles. The number of hydrogen-bond acceptors (Lipinski definition) is 8. The third-order valence-electron chi connectivity index (χ3n) is 3.37. The van der Waals surface area contributed by atoms with Crippen LogP contribution in [0.5, 0.6) is 5.75 Å². The van der Waals surface area contributed by atoms with Gasteiger partial charge < -0.3 is 4.74 Å². The maximum Gasteiger partial charge on any atom is 0.179 e. The van der Waals surface area contributed by atoms with E-state index in [-0.39, 0.29) is 11.1 Å².